The summed E-state index contributed by atoms with van der Waals surface area (Å²) in [5.41, 5.74) is 2.45. The molecule has 0 spiro atoms. The lowest BCUT2D eigenvalue weighted by Gasteiger charge is -2.00. The normalized spacial score (nSPS) is 10.6. The zero-order valence-corrected chi connectivity index (χ0v) is 10.8. The van der Waals surface area contributed by atoms with Crippen molar-refractivity contribution in [1.82, 2.24) is 0 Å². The first-order valence-corrected chi connectivity index (χ1v) is 6.43. The van der Waals surface area contributed by atoms with Crippen molar-refractivity contribution >= 4 is 0 Å². The monoisotopic (exact) mass is 244 g/mol. The van der Waals surface area contributed by atoms with E-state index >= 15 is 0 Å². The highest BCUT2D eigenvalue weighted by Crippen LogP contribution is 2.15. The summed E-state index contributed by atoms with van der Waals surface area (Å²) < 4.78 is 4.24. The van der Waals surface area contributed by atoms with E-state index in [2.05, 4.69) is 65.1 Å². The van der Waals surface area contributed by atoms with E-state index in [1.807, 2.05) is 0 Å². The number of hydrogen-bond acceptors (Lipinski definition) is 1. The Morgan fingerprint density at radius 3 is 1.83 bits per heavy atom. The molecule has 0 saturated carbocycles. The molecule has 2 rings (SSSR count). The summed E-state index contributed by atoms with van der Waals surface area (Å²) in [6.07, 6.45) is 9.12. The maximum Gasteiger partial charge on any atom is 0.169 e. The Kier molecular flexibility index (Phi) is 4.42. The molecule has 0 aliphatic heterocycles. The number of rotatable bonds is 5. The molecule has 18 heavy (non-hydrogen) atoms. The van der Waals surface area contributed by atoms with Crippen molar-refractivity contribution in [3.05, 3.63) is 49.1 Å². The number of aromatic nitrogens is 2. The molecule has 2 aromatic rings. The van der Waals surface area contributed by atoms with Crippen LogP contribution in [-0.4, -0.2) is 11.7 Å². The van der Waals surface area contributed by atoms with Gasteiger partial charge in [0.05, 0.1) is 0 Å². The number of hydrogen-bond donors (Lipinski definition) is 1. The zero-order valence-electron chi connectivity index (χ0n) is 10.8. The highest BCUT2D eigenvalue weighted by Gasteiger charge is 2.04. The third-order valence-corrected chi connectivity index (χ3v) is 3.06. The minimum Gasteiger partial charge on any atom is -0.396 e. The Morgan fingerprint density at radius 2 is 1.39 bits per heavy atom. The van der Waals surface area contributed by atoms with Crippen molar-refractivity contribution in [2.45, 2.75) is 26.4 Å². The van der Waals surface area contributed by atoms with Gasteiger partial charge in [-0.1, -0.05) is 0 Å². The van der Waals surface area contributed by atoms with E-state index in [1.54, 1.807) is 0 Å². The minimum atomic E-state index is 0.241. The standard InChI is InChI=1S/C15H20N2O/c1-2-16-9-4-14(5-10-16)15-6-11-17(12-7-15)8-3-13-18/h4-7,9-12,18H,2-3,8,13H2,1H3/q+2. The lowest BCUT2D eigenvalue weighted by molar-refractivity contribution is -0.697. The summed E-state index contributed by atoms with van der Waals surface area (Å²) in [6.45, 7) is 4.23. The smallest absolute Gasteiger partial charge is 0.169 e. The van der Waals surface area contributed by atoms with Gasteiger partial charge in [0.2, 0.25) is 0 Å². The van der Waals surface area contributed by atoms with Crippen LogP contribution in [0.15, 0.2) is 49.1 Å². The van der Waals surface area contributed by atoms with Gasteiger partial charge in [0.15, 0.2) is 31.3 Å². The molecule has 2 heterocycles. The van der Waals surface area contributed by atoms with E-state index in [-0.39, 0.29) is 6.61 Å². The first kappa shape index (κ1) is 12.7. The number of aryl methyl sites for hydroxylation is 2. The number of aliphatic hydroxyl groups excluding tert-OH is 1. The van der Waals surface area contributed by atoms with Gasteiger partial charge in [0, 0.05) is 37.3 Å². The lowest BCUT2D eigenvalue weighted by Crippen LogP contribution is -2.33. The van der Waals surface area contributed by atoms with Crippen molar-refractivity contribution in [1.29, 1.82) is 0 Å². The summed E-state index contributed by atoms with van der Waals surface area (Å²) in [4.78, 5) is 0. The Balaban J connectivity index is 2.12. The van der Waals surface area contributed by atoms with Gasteiger partial charge in [0.1, 0.15) is 6.54 Å². The van der Waals surface area contributed by atoms with E-state index < -0.39 is 0 Å². The van der Waals surface area contributed by atoms with Crippen LogP contribution in [0.3, 0.4) is 0 Å². The third kappa shape index (κ3) is 3.14. The minimum absolute atomic E-state index is 0.241. The average molecular weight is 244 g/mol. The molecule has 0 radical (unpaired) electrons. The van der Waals surface area contributed by atoms with Gasteiger partial charge in [-0.2, -0.15) is 0 Å². The molecule has 3 nitrogen and oxygen atoms in total. The number of pyridine rings is 2. The molecule has 0 amide bonds. The second-order valence-electron chi connectivity index (χ2n) is 4.32. The highest BCUT2D eigenvalue weighted by atomic mass is 16.3. The van der Waals surface area contributed by atoms with E-state index in [1.165, 1.54) is 11.1 Å². The van der Waals surface area contributed by atoms with Crippen LogP contribution in [0, 0.1) is 0 Å². The molecule has 2 aromatic heterocycles. The van der Waals surface area contributed by atoms with Gasteiger partial charge in [-0.05, 0) is 18.1 Å². The topological polar surface area (TPSA) is 28.0 Å². The molecule has 0 unspecified atom stereocenters. The molecule has 0 saturated heterocycles. The van der Waals surface area contributed by atoms with Crippen LogP contribution < -0.4 is 9.13 Å². The Bertz CT molecular complexity index is 477. The molecule has 0 aliphatic carbocycles. The van der Waals surface area contributed by atoms with Crippen molar-refractivity contribution < 1.29 is 14.2 Å². The van der Waals surface area contributed by atoms with Gasteiger partial charge in [-0.3, -0.25) is 0 Å². The fourth-order valence-electron chi connectivity index (χ4n) is 1.91. The molecule has 0 fully saturated rings. The lowest BCUT2D eigenvalue weighted by atomic mass is 10.1. The summed E-state index contributed by atoms with van der Waals surface area (Å²) >= 11 is 0. The van der Waals surface area contributed by atoms with Gasteiger partial charge >= 0.3 is 0 Å². The quantitative estimate of drug-likeness (QED) is 0.790. The fourth-order valence-corrected chi connectivity index (χ4v) is 1.91. The van der Waals surface area contributed by atoms with E-state index in [9.17, 15) is 0 Å². The second kappa shape index (κ2) is 6.26. The van der Waals surface area contributed by atoms with Gasteiger partial charge in [-0.15, -0.1) is 0 Å². The molecule has 0 aliphatic rings. The molecular weight excluding hydrogens is 224 g/mol. The van der Waals surface area contributed by atoms with Crippen LogP contribution in [0.5, 0.6) is 0 Å². The summed E-state index contributed by atoms with van der Waals surface area (Å²) in [6, 6.07) is 8.50. The maximum atomic E-state index is 8.79. The third-order valence-electron chi connectivity index (χ3n) is 3.06. The van der Waals surface area contributed by atoms with Crippen molar-refractivity contribution in [2.24, 2.45) is 0 Å². The predicted octanol–water partition coefficient (Wildman–Crippen LogP) is 1.33. The maximum absolute atomic E-state index is 8.79. The van der Waals surface area contributed by atoms with Crippen molar-refractivity contribution in [3.63, 3.8) is 0 Å². The van der Waals surface area contributed by atoms with Crippen molar-refractivity contribution in [3.8, 4) is 11.1 Å². The summed E-state index contributed by atoms with van der Waals surface area (Å²) in [5, 5.41) is 8.79. The van der Waals surface area contributed by atoms with Crippen LogP contribution >= 0.6 is 0 Å². The SMILES string of the molecule is CC[n+]1ccc(-c2cc[n+](CCCO)cc2)cc1. The molecule has 3 heteroatoms. The van der Waals surface area contributed by atoms with E-state index in [4.69, 9.17) is 5.11 Å². The van der Waals surface area contributed by atoms with Crippen LogP contribution in [0.4, 0.5) is 0 Å². The first-order valence-electron chi connectivity index (χ1n) is 6.43. The van der Waals surface area contributed by atoms with Gasteiger partial charge in [-0.25, -0.2) is 9.13 Å². The highest BCUT2D eigenvalue weighted by molar-refractivity contribution is 5.60. The van der Waals surface area contributed by atoms with E-state index in [0.29, 0.717) is 0 Å². The molecule has 0 bridgehead atoms. The summed E-state index contributed by atoms with van der Waals surface area (Å²) in [7, 11) is 0. The largest absolute Gasteiger partial charge is 0.396 e. The fraction of sp³-hybridized carbons (Fsp3) is 0.333. The Hall–Kier alpha value is -1.74. The van der Waals surface area contributed by atoms with Crippen LogP contribution in [0.2, 0.25) is 0 Å². The molecular formula is C15H20N2O+2. The van der Waals surface area contributed by atoms with Gasteiger partial charge < -0.3 is 5.11 Å². The number of aliphatic hydroxyl groups is 1. The predicted molar refractivity (Wildman–Crippen MR) is 69.6 cm³/mol. The zero-order chi connectivity index (χ0) is 12.8. The van der Waals surface area contributed by atoms with E-state index in [0.717, 1.165) is 19.5 Å². The molecule has 0 aromatic carbocycles. The molecule has 0 atom stereocenters. The van der Waals surface area contributed by atoms with Crippen LogP contribution in [-0.2, 0) is 13.1 Å². The Morgan fingerprint density at radius 1 is 0.889 bits per heavy atom. The molecule has 94 valence electrons. The second-order valence-corrected chi connectivity index (χ2v) is 4.32. The molecule has 1 N–H and O–H groups in total. The van der Waals surface area contributed by atoms with Crippen molar-refractivity contribution in [2.75, 3.05) is 6.61 Å². The number of nitrogens with zero attached hydrogens (tertiary/aromatic N) is 2. The first-order chi connectivity index (χ1) is 8.83. The Labute approximate surface area is 108 Å². The van der Waals surface area contributed by atoms with Gasteiger partial charge in [0.25, 0.3) is 0 Å². The van der Waals surface area contributed by atoms with Crippen LogP contribution in [0.25, 0.3) is 11.1 Å². The summed E-state index contributed by atoms with van der Waals surface area (Å²) in [5.74, 6) is 0. The average Bonchev–Trinajstić information content (AvgIpc) is 2.46. The van der Waals surface area contributed by atoms with Crippen LogP contribution in [0.1, 0.15) is 13.3 Å².